The van der Waals surface area contributed by atoms with E-state index in [0.717, 1.165) is 37.1 Å². The number of hydrogen-bond acceptors (Lipinski definition) is 5. The molecule has 2 heterocycles. The molecule has 0 saturated heterocycles. The van der Waals surface area contributed by atoms with E-state index in [4.69, 9.17) is 11.5 Å². The van der Waals surface area contributed by atoms with Crippen LogP contribution in [0.3, 0.4) is 0 Å². The van der Waals surface area contributed by atoms with Crippen LogP contribution in [-0.4, -0.2) is 9.97 Å². The normalized spacial score (nSPS) is 11.3. The molecule has 0 aliphatic carbocycles. The first-order valence-electron chi connectivity index (χ1n) is 6.93. The summed E-state index contributed by atoms with van der Waals surface area (Å²) in [4.78, 5) is 8.43. The molecule has 0 unspecified atom stereocenters. The molecule has 0 aliphatic heterocycles. The molecular weight excluding hydrogens is 292 g/mol. The van der Waals surface area contributed by atoms with Gasteiger partial charge in [0.15, 0.2) is 0 Å². The lowest BCUT2D eigenvalue weighted by Crippen LogP contribution is -1.90. The summed E-state index contributed by atoms with van der Waals surface area (Å²) in [5.41, 5.74) is 17.1. The molecule has 0 radical (unpaired) electrons. The van der Waals surface area contributed by atoms with E-state index >= 15 is 0 Å². The van der Waals surface area contributed by atoms with Crippen LogP contribution in [0.2, 0.25) is 0 Å². The Morgan fingerprint density at radius 1 is 1.00 bits per heavy atom. The molecule has 0 aliphatic rings. The van der Waals surface area contributed by atoms with E-state index in [2.05, 4.69) is 35.1 Å². The van der Waals surface area contributed by atoms with Crippen LogP contribution in [0.4, 0.5) is 11.5 Å². The highest BCUT2D eigenvalue weighted by Gasteiger charge is 2.11. The van der Waals surface area contributed by atoms with Gasteiger partial charge in [-0.1, -0.05) is 18.2 Å². The molecule has 0 saturated carbocycles. The van der Waals surface area contributed by atoms with Crippen molar-refractivity contribution in [2.75, 3.05) is 11.5 Å². The van der Waals surface area contributed by atoms with Crippen LogP contribution in [0.5, 0.6) is 0 Å². The number of aromatic nitrogens is 2. The van der Waals surface area contributed by atoms with Gasteiger partial charge in [0.05, 0.1) is 10.2 Å². The van der Waals surface area contributed by atoms with Crippen molar-refractivity contribution in [3.8, 4) is 11.1 Å². The standard InChI is InChI=1S/C17H14N4S/c1-9-2-4-11(18)7-13(9)10-3-5-12-14(6-10)22-16-15(12)20-8-21-17(16)19/h2-8H,18H2,1H3,(H2,19,20,21). The van der Waals surface area contributed by atoms with Crippen LogP contribution in [0.25, 0.3) is 31.4 Å². The highest BCUT2D eigenvalue weighted by Crippen LogP contribution is 2.37. The number of nitrogens with zero attached hydrogens (tertiary/aromatic N) is 2. The largest absolute Gasteiger partial charge is 0.399 e. The molecule has 4 rings (SSSR count). The van der Waals surface area contributed by atoms with Crippen molar-refractivity contribution in [1.82, 2.24) is 9.97 Å². The molecule has 4 nitrogen and oxygen atoms in total. The molecule has 4 N–H and O–H groups in total. The molecule has 4 aromatic rings. The SMILES string of the molecule is Cc1ccc(N)cc1-c1ccc2c(c1)sc1c(N)ncnc12. The molecular formula is C17H14N4S. The second-order valence-corrected chi connectivity index (χ2v) is 6.38. The number of aryl methyl sites for hydroxylation is 1. The van der Waals surface area contributed by atoms with Crippen LogP contribution in [0.1, 0.15) is 5.56 Å². The summed E-state index contributed by atoms with van der Waals surface area (Å²) in [6, 6.07) is 12.4. The summed E-state index contributed by atoms with van der Waals surface area (Å²) < 4.78 is 2.10. The second kappa shape index (κ2) is 4.68. The predicted molar refractivity (Wildman–Crippen MR) is 93.9 cm³/mol. The Kier molecular flexibility index (Phi) is 2.77. The van der Waals surface area contributed by atoms with E-state index in [1.54, 1.807) is 11.3 Å². The summed E-state index contributed by atoms with van der Waals surface area (Å²) in [6.45, 7) is 2.09. The second-order valence-electron chi connectivity index (χ2n) is 5.32. The van der Waals surface area contributed by atoms with E-state index < -0.39 is 0 Å². The number of anilines is 2. The van der Waals surface area contributed by atoms with Gasteiger partial charge in [0, 0.05) is 15.8 Å². The Labute approximate surface area is 131 Å². The number of rotatable bonds is 1. The Morgan fingerprint density at radius 3 is 2.73 bits per heavy atom. The molecule has 5 heteroatoms. The minimum atomic E-state index is 0.535. The first-order valence-corrected chi connectivity index (χ1v) is 7.74. The average Bonchev–Trinajstić information content (AvgIpc) is 2.89. The number of nitrogen functional groups attached to an aromatic ring is 2. The lowest BCUT2D eigenvalue weighted by molar-refractivity contribution is 1.24. The Balaban J connectivity index is 2.00. The van der Waals surface area contributed by atoms with Gasteiger partial charge in [0.2, 0.25) is 0 Å². The summed E-state index contributed by atoms with van der Waals surface area (Å²) in [7, 11) is 0. The molecule has 0 amide bonds. The van der Waals surface area contributed by atoms with Gasteiger partial charge < -0.3 is 11.5 Å². The van der Waals surface area contributed by atoms with Crippen molar-refractivity contribution in [2.24, 2.45) is 0 Å². The third kappa shape index (κ3) is 1.90. The van der Waals surface area contributed by atoms with E-state index in [-0.39, 0.29) is 0 Å². The van der Waals surface area contributed by atoms with Crippen molar-refractivity contribution < 1.29 is 0 Å². The van der Waals surface area contributed by atoms with Gasteiger partial charge in [-0.25, -0.2) is 9.97 Å². The van der Waals surface area contributed by atoms with E-state index in [1.165, 1.54) is 11.9 Å². The van der Waals surface area contributed by atoms with Crippen molar-refractivity contribution >= 4 is 43.1 Å². The lowest BCUT2D eigenvalue weighted by Gasteiger charge is -2.07. The van der Waals surface area contributed by atoms with Gasteiger partial charge in [-0.3, -0.25) is 0 Å². The first kappa shape index (κ1) is 13.0. The van der Waals surface area contributed by atoms with Gasteiger partial charge >= 0.3 is 0 Å². The zero-order chi connectivity index (χ0) is 15.3. The number of thiophene rings is 1. The molecule has 0 fully saturated rings. The number of hydrogen-bond donors (Lipinski definition) is 2. The van der Waals surface area contributed by atoms with Crippen LogP contribution in [0.15, 0.2) is 42.7 Å². The third-order valence-corrected chi connectivity index (χ3v) is 5.02. The fraction of sp³-hybridized carbons (Fsp3) is 0.0588. The van der Waals surface area contributed by atoms with Crippen molar-refractivity contribution in [1.29, 1.82) is 0 Å². The van der Waals surface area contributed by atoms with Gasteiger partial charge in [0.1, 0.15) is 12.1 Å². The average molecular weight is 306 g/mol. The molecule has 0 spiro atoms. The highest BCUT2D eigenvalue weighted by molar-refractivity contribution is 7.26. The Bertz CT molecular complexity index is 1020. The third-order valence-electron chi connectivity index (χ3n) is 3.85. The summed E-state index contributed by atoms with van der Waals surface area (Å²) in [5.74, 6) is 0.535. The quantitative estimate of drug-likeness (QED) is 0.521. The maximum Gasteiger partial charge on any atom is 0.144 e. The van der Waals surface area contributed by atoms with Crippen molar-refractivity contribution in [2.45, 2.75) is 6.92 Å². The predicted octanol–water partition coefficient (Wildman–Crippen LogP) is 3.98. The minimum absolute atomic E-state index is 0.535. The molecule has 22 heavy (non-hydrogen) atoms. The molecule has 2 aromatic carbocycles. The summed E-state index contributed by atoms with van der Waals surface area (Å²) in [6.07, 6.45) is 1.51. The zero-order valence-corrected chi connectivity index (χ0v) is 12.8. The van der Waals surface area contributed by atoms with E-state index in [1.807, 2.05) is 18.2 Å². The first-order chi connectivity index (χ1) is 10.6. The maximum absolute atomic E-state index is 5.96. The molecule has 2 aromatic heterocycles. The van der Waals surface area contributed by atoms with Gasteiger partial charge in [0.25, 0.3) is 0 Å². The highest BCUT2D eigenvalue weighted by atomic mass is 32.1. The van der Waals surface area contributed by atoms with Crippen LogP contribution in [0, 0.1) is 6.92 Å². The monoisotopic (exact) mass is 306 g/mol. The van der Waals surface area contributed by atoms with Crippen LogP contribution >= 0.6 is 11.3 Å². The van der Waals surface area contributed by atoms with Crippen LogP contribution < -0.4 is 11.5 Å². The smallest absolute Gasteiger partial charge is 0.144 e. The molecule has 0 bridgehead atoms. The van der Waals surface area contributed by atoms with Gasteiger partial charge in [-0.15, -0.1) is 11.3 Å². The minimum Gasteiger partial charge on any atom is -0.399 e. The number of fused-ring (bicyclic) bond motifs is 3. The summed E-state index contributed by atoms with van der Waals surface area (Å²) in [5, 5.41) is 1.11. The Morgan fingerprint density at radius 2 is 1.86 bits per heavy atom. The van der Waals surface area contributed by atoms with Crippen molar-refractivity contribution in [3.63, 3.8) is 0 Å². The lowest BCUT2D eigenvalue weighted by atomic mass is 9.99. The van der Waals surface area contributed by atoms with E-state index in [0.29, 0.717) is 5.82 Å². The van der Waals surface area contributed by atoms with Gasteiger partial charge in [-0.05, 0) is 41.8 Å². The zero-order valence-electron chi connectivity index (χ0n) is 12.0. The number of nitrogens with two attached hydrogens (primary N) is 2. The maximum atomic E-state index is 5.96. The molecule has 0 atom stereocenters. The molecule has 108 valence electrons. The topological polar surface area (TPSA) is 77.8 Å². The van der Waals surface area contributed by atoms with Gasteiger partial charge in [-0.2, -0.15) is 0 Å². The van der Waals surface area contributed by atoms with E-state index in [9.17, 15) is 0 Å². The Hall–Kier alpha value is -2.66. The summed E-state index contributed by atoms with van der Waals surface area (Å²) >= 11 is 1.63. The number of benzene rings is 2. The van der Waals surface area contributed by atoms with Crippen molar-refractivity contribution in [3.05, 3.63) is 48.3 Å². The van der Waals surface area contributed by atoms with Crippen LogP contribution in [-0.2, 0) is 0 Å². The fourth-order valence-corrected chi connectivity index (χ4v) is 3.81. The fourth-order valence-electron chi connectivity index (χ4n) is 2.71.